The Hall–Kier alpha value is -2.05. The lowest BCUT2D eigenvalue weighted by Crippen LogP contribution is -2.37. The molecule has 16 heavy (non-hydrogen) atoms. The van der Waals surface area contributed by atoms with Crippen LogP contribution in [0.1, 0.15) is 5.69 Å². The van der Waals surface area contributed by atoms with E-state index in [2.05, 4.69) is 10.4 Å². The normalized spacial score (nSPS) is 9.88. The molecule has 0 aromatic carbocycles. The number of nitrogens with one attached hydrogen (secondary N) is 1. The van der Waals surface area contributed by atoms with E-state index in [9.17, 15) is 9.59 Å². The number of rotatable bonds is 3. The Morgan fingerprint density at radius 3 is 2.81 bits per heavy atom. The Labute approximate surface area is 92.7 Å². The van der Waals surface area contributed by atoms with Gasteiger partial charge in [-0.1, -0.05) is 0 Å². The summed E-state index contributed by atoms with van der Waals surface area (Å²) in [6, 6.07) is 1.34. The van der Waals surface area contributed by atoms with Crippen LogP contribution in [0.2, 0.25) is 0 Å². The number of amides is 2. The van der Waals surface area contributed by atoms with E-state index in [0.717, 1.165) is 10.6 Å². The molecule has 0 bridgehead atoms. The lowest BCUT2D eigenvalue weighted by atomic mass is 10.5. The molecule has 7 heteroatoms. The summed E-state index contributed by atoms with van der Waals surface area (Å²) in [5.74, 6) is 0. The number of hydrogen-bond acceptors (Lipinski definition) is 3. The van der Waals surface area contributed by atoms with Crippen molar-refractivity contribution in [3.05, 3.63) is 18.0 Å². The smallest absolute Gasteiger partial charge is 0.407 e. The van der Waals surface area contributed by atoms with E-state index in [4.69, 9.17) is 5.11 Å². The first-order valence-electron chi connectivity index (χ1n) is 4.75. The third-order valence-electron chi connectivity index (χ3n) is 1.98. The topological polar surface area (TPSA) is 87.5 Å². The molecular formula is C9H14N4O3. The van der Waals surface area contributed by atoms with Crippen molar-refractivity contribution in [3.63, 3.8) is 0 Å². The Balaban J connectivity index is 2.34. The summed E-state index contributed by atoms with van der Waals surface area (Å²) in [5.41, 5.74) is 0.748. The summed E-state index contributed by atoms with van der Waals surface area (Å²) in [6.45, 7) is 2.27. The maximum absolute atomic E-state index is 11.4. The molecule has 0 aliphatic carbocycles. The molecule has 1 aromatic heterocycles. The van der Waals surface area contributed by atoms with Crippen LogP contribution >= 0.6 is 0 Å². The lowest BCUT2D eigenvalue weighted by molar-refractivity contribution is 0.156. The Kier molecular flexibility index (Phi) is 3.87. The van der Waals surface area contributed by atoms with Gasteiger partial charge in [0.1, 0.15) is 0 Å². The number of carbonyl (C=O) groups excluding carboxylic acids is 1. The molecule has 0 unspecified atom stereocenters. The van der Waals surface area contributed by atoms with Crippen molar-refractivity contribution in [1.29, 1.82) is 0 Å². The predicted molar refractivity (Wildman–Crippen MR) is 56.4 cm³/mol. The van der Waals surface area contributed by atoms with Crippen LogP contribution in [0.3, 0.4) is 0 Å². The minimum Gasteiger partial charge on any atom is -0.465 e. The molecule has 0 aliphatic heterocycles. The minimum absolute atomic E-state index is 0.237. The van der Waals surface area contributed by atoms with E-state index in [1.807, 2.05) is 0 Å². The fraction of sp³-hybridized carbons (Fsp3) is 0.444. The molecule has 0 aliphatic rings. The molecule has 0 radical (unpaired) electrons. The van der Waals surface area contributed by atoms with Crippen molar-refractivity contribution in [2.24, 2.45) is 0 Å². The maximum Gasteiger partial charge on any atom is 0.407 e. The highest BCUT2D eigenvalue weighted by Crippen LogP contribution is 1.91. The molecule has 1 aromatic rings. The first-order valence-corrected chi connectivity index (χ1v) is 4.75. The van der Waals surface area contributed by atoms with Gasteiger partial charge in [0.2, 0.25) is 0 Å². The van der Waals surface area contributed by atoms with Gasteiger partial charge in [-0.2, -0.15) is 9.78 Å². The maximum atomic E-state index is 11.4. The second kappa shape index (κ2) is 5.15. The van der Waals surface area contributed by atoms with Gasteiger partial charge in [0.05, 0.1) is 5.69 Å². The van der Waals surface area contributed by atoms with E-state index in [1.54, 1.807) is 19.2 Å². The highest BCUT2D eigenvalue weighted by atomic mass is 16.4. The van der Waals surface area contributed by atoms with Gasteiger partial charge < -0.3 is 15.3 Å². The summed E-state index contributed by atoms with van der Waals surface area (Å²) in [4.78, 5) is 23.0. The molecular weight excluding hydrogens is 212 g/mol. The SMILES string of the molecule is Cc1ccn(C(=O)NCCN(C)C(=O)O)n1. The zero-order chi connectivity index (χ0) is 12.1. The van der Waals surface area contributed by atoms with Gasteiger partial charge in [0, 0.05) is 26.3 Å². The van der Waals surface area contributed by atoms with Crippen molar-refractivity contribution in [2.75, 3.05) is 20.1 Å². The Bertz CT molecular complexity index is 388. The fourth-order valence-electron chi connectivity index (χ4n) is 1.04. The number of hydrogen-bond donors (Lipinski definition) is 2. The average Bonchev–Trinajstić information content (AvgIpc) is 2.64. The van der Waals surface area contributed by atoms with Crippen LogP contribution in [0.15, 0.2) is 12.3 Å². The first-order chi connectivity index (χ1) is 7.50. The zero-order valence-corrected chi connectivity index (χ0v) is 9.17. The van der Waals surface area contributed by atoms with Crippen molar-refractivity contribution < 1.29 is 14.7 Å². The van der Waals surface area contributed by atoms with Gasteiger partial charge in [0.25, 0.3) is 0 Å². The largest absolute Gasteiger partial charge is 0.465 e. The molecule has 0 spiro atoms. The van der Waals surface area contributed by atoms with Crippen LogP contribution in [-0.2, 0) is 0 Å². The van der Waals surface area contributed by atoms with Gasteiger partial charge in [-0.3, -0.25) is 0 Å². The molecule has 2 N–H and O–H groups in total. The standard InChI is InChI=1S/C9H14N4O3/c1-7-3-5-13(11-7)8(14)10-4-6-12(2)9(15)16/h3,5H,4,6H2,1-2H3,(H,10,14)(H,15,16). The van der Waals surface area contributed by atoms with E-state index >= 15 is 0 Å². The quantitative estimate of drug-likeness (QED) is 0.778. The second-order valence-electron chi connectivity index (χ2n) is 3.34. The van der Waals surface area contributed by atoms with Crippen LogP contribution < -0.4 is 5.32 Å². The Morgan fingerprint density at radius 2 is 2.31 bits per heavy atom. The van der Waals surface area contributed by atoms with Crippen molar-refractivity contribution in [3.8, 4) is 0 Å². The summed E-state index contributed by atoms with van der Waals surface area (Å²) in [6.07, 6.45) is 0.523. The Morgan fingerprint density at radius 1 is 1.62 bits per heavy atom. The number of aromatic nitrogens is 2. The van der Waals surface area contributed by atoms with Crippen LogP contribution in [0.4, 0.5) is 9.59 Å². The fourth-order valence-corrected chi connectivity index (χ4v) is 1.04. The predicted octanol–water partition coefficient (Wildman–Crippen LogP) is 0.359. The monoisotopic (exact) mass is 226 g/mol. The zero-order valence-electron chi connectivity index (χ0n) is 9.17. The molecule has 88 valence electrons. The summed E-state index contributed by atoms with van der Waals surface area (Å²) >= 11 is 0. The molecule has 2 amide bonds. The van der Waals surface area contributed by atoms with Gasteiger partial charge in [-0.25, -0.2) is 9.59 Å². The highest BCUT2D eigenvalue weighted by molar-refractivity contribution is 5.75. The van der Waals surface area contributed by atoms with Crippen molar-refractivity contribution in [2.45, 2.75) is 6.92 Å². The summed E-state index contributed by atoms with van der Waals surface area (Å²) in [7, 11) is 1.44. The lowest BCUT2D eigenvalue weighted by Gasteiger charge is -2.12. The first kappa shape index (κ1) is 12.0. The molecule has 0 fully saturated rings. The van der Waals surface area contributed by atoms with E-state index in [1.165, 1.54) is 11.7 Å². The van der Waals surface area contributed by atoms with Gasteiger partial charge in [-0.05, 0) is 13.0 Å². The van der Waals surface area contributed by atoms with E-state index in [0.29, 0.717) is 0 Å². The number of aryl methyl sites for hydroxylation is 1. The molecule has 1 heterocycles. The van der Waals surface area contributed by atoms with Crippen LogP contribution in [-0.4, -0.2) is 52.0 Å². The van der Waals surface area contributed by atoms with Gasteiger partial charge >= 0.3 is 12.1 Å². The van der Waals surface area contributed by atoms with Crippen LogP contribution in [0.5, 0.6) is 0 Å². The minimum atomic E-state index is -1.02. The van der Waals surface area contributed by atoms with Gasteiger partial charge in [0.15, 0.2) is 0 Å². The third kappa shape index (κ3) is 3.26. The summed E-state index contributed by atoms with van der Waals surface area (Å²) in [5, 5.41) is 15.0. The highest BCUT2D eigenvalue weighted by Gasteiger charge is 2.07. The summed E-state index contributed by atoms with van der Waals surface area (Å²) < 4.78 is 1.18. The van der Waals surface area contributed by atoms with Gasteiger partial charge in [-0.15, -0.1) is 0 Å². The number of likely N-dealkylation sites (N-methyl/N-ethyl adjacent to an activating group) is 1. The molecule has 0 saturated carbocycles. The van der Waals surface area contributed by atoms with E-state index < -0.39 is 6.09 Å². The van der Waals surface area contributed by atoms with Crippen LogP contribution in [0, 0.1) is 6.92 Å². The third-order valence-corrected chi connectivity index (χ3v) is 1.98. The second-order valence-corrected chi connectivity index (χ2v) is 3.34. The number of nitrogens with zero attached hydrogens (tertiary/aromatic N) is 3. The van der Waals surface area contributed by atoms with Crippen molar-refractivity contribution in [1.82, 2.24) is 20.0 Å². The molecule has 0 saturated heterocycles. The average molecular weight is 226 g/mol. The van der Waals surface area contributed by atoms with E-state index in [-0.39, 0.29) is 19.1 Å². The molecule has 7 nitrogen and oxygen atoms in total. The molecule has 1 rings (SSSR count). The number of carboxylic acid groups (broad SMARTS) is 1. The molecule has 0 atom stereocenters. The number of carbonyl (C=O) groups is 2. The van der Waals surface area contributed by atoms with Crippen molar-refractivity contribution >= 4 is 12.1 Å². The van der Waals surface area contributed by atoms with Crippen LogP contribution in [0.25, 0.3) is 0 Å².